The molecule has 1 heterocycles. The van der Waals surface area contributed by atoms with Crippen LogP contribution in [0.3, 0.4) is 0 Å². The molecule has 1 aromatic heterocycles. The van der Waals surface area contributed by atoms with E-state index in [2.05, 4.69) is 9.73 Å². The second-order valence-corrected chi connectivity index (χ2v) is 3.33. The molecule has 1 rings (SSSR count). The van der Waals surface area contributed by atoms with Gasteiger partial charge >= 0.3 is 6.18 Å². The van der Waals surface area contributed by atoms with Crippen molar-refractivity contribution >= 4 is 5.91 Å². The summed E-state index contributed by atoms with van der Waals surface area (Å²) >= 11 is 0. The fraction of sp³-hybridized carbons (Fsp3) is 0.500. The van der Waals surface area contributed by atoms with Crippen LogP contribution < -0.4 is 5.32 Å². The molecule has 0 unspecified atom stereocenters. The molecule has 0 aromatic carbocycles. The number of nitrogens with one attached hydrogen (secondary N) is 1. The van der Waals surface area contributed by atoms with E-state index in [0.717, 1.165) is 12.5 Å². The lowest BCUT2D eigenvalue weighted by molar-refractivity contribution is -0.153. The number of carbonyl (C=O) groups excluding carboxylic acids is 1. The number of hydrogen-bond donors (Lipinski definition) is 1. The summed E-state index contributed by atoms with van der Waals surface area (Å²) in [6, 6.07) is 0.723. The monoisotopic (exact) mass is 235 g/mol. The maximum atomic E-state index is 12.3. The molecule has 0 saturated heterocycles. The molecule has 6 heteroatoms. The second kappa shape index (κ2) is 4.59. The van der Waals surface area contributed by atoms with Crippen molar-refractivity contribution in [3.63, 3.8) is 0 Å². The summed E-state index contributed by atoms with van der Waals surface area (Å²) < 4.78 is 41.3. The zero-order valence-corrected chi connectivity index (χ0v) is 8.94. The van der Waals surface area contributed by atoms with Gasteiger partial charge in [0.05, 0.1) is 5.56 Å². The summed E-state index contributed by atoms with van der Waals surface area (Å²) in [6.45, 7) is 3.60. The number of aryl methyl sites for hydroxylation is 1. The molecule has 1 aromatic rings. The van der Waals surface area contributed by atoms with E-state index in [0.29, 0.717) is 6.54 Å². The summed E-state index contributed by atoms with van der Waals surface area (Å²) in [5.41, 5.74) is -0.0687. The number of alkyl halides is 3. The zero-order valence-electron chi connectivity index (χ0n) is 8.94. The van der Waals surface area contributed by atoms with Crippen molar-refractivity contribution in [2.24, 2.45) is 0 Å². The highest BCUT2D eigenvalue weighted by atomic mass is 19.4. The molecule has 1 N–H and O–H groups in total. The van der Waals surface area contributed by atoms with E-state index in [4.69, 9.17) is 0 Å². The first kappa shape index (κ1) is 12.6. The SMILES string of the molecule is CCCNC(=O)c1cc(C(F)(F)F)oc1C. The zero-order chi connectivity index (χ0) is 12.3. The van der Waals surface area contributed by atoms with Crippen LogP contribution in [0.1, 0.15) is 35.2 Å². The van der Waals surface area contributed by atoms with Crippen LogP contribution in [0.5, 0.6) is 0 Å². The average Bonchev–Trinajstić information content (AvgIpc) is 2.56. The smallest absolute Gasteiger partial charge is 0.449 e. The Morgan fingerprint density at radius 3 is 2.56 bits per heavy atom. The molecular formula is C10H12F3NO2. The molecule has 0 aliphatic heterocycles. The lowest BCUT2D eigenvalue weighted by Gasteiger charge is -2.00. The van der Waals surface area contributed by atoms with Crippen molar-refractivity contribution in [3.8, 4) is 0 Å². The minimum absolute atomic E-state index is 0.0269. The van der Waals surface area contributed by atoms with Gasteiger partial charge in [-0.3, -0.25) is 4.79 Å². The summed E-state index contributed by atoms with van der Waals surface area (Å²) in [4.78, 5) is 11.4. The van der Waals surface area contributed by atoms with Gasteiger partial charge in [0.25, 0.3) is 5.91 Å². The van der Waals surface area contributed by atoms with Gasteiger partial charge in [0.1, 0.15) is 5.76 Å². The number of halogens is 3. The minimum atomic E-state index is -4.56. The third kappa shape index (κ3) is 2.77. The van der Waals surface area contributed by atoms with Crippen LogP contribution in [0.4, 0.5) is 13.2 Å². The number of hydrogen-bond acceptors (Lipinski definition) is 2. The Morgan fingerprint density at radius 1 is 1.50 bits per heavy atom. The third-order valence-electron chi connectivity index (χ3n) is 1.98. The Hall–Kier alpha value is -1.46. The Labute approximate surface area is 90.6 Å². The molecule has 0 radical (unpaired) electrons. The van der Waals surface area contributed by atoms with E-state index in [1.165, 1.54) is 6.92 Å². The van der Waals surface area contributed by atoms with Gasteiger partial charge in [0.15, 0.2) is 0 Å². The quantitative estimate of drug-likeness (QED) is 0.875. The van der Waals surface area contributed by atoms with Crippen molar-refractivity contribution in [3.05, 3.63) is 23.2 Å². The molecule has 0 bridgehead atoms. The Bertz CT molecular complexity index is 382. The van der Waals surface area contributed by atoms with Gasteiger partial charge in [0, 0.05) is 12.6 Å². The first-order valence-corrected chi connectivity index (χ1v) is 4.82. The highest BCUT2D eigenvalue weighted by molar-refractivity contribution is 5.95. The van der Waals surface area contributed by atoms with Crippen LogP contribution in [-0.2, 0) is 6.18 Å². The number of amides is 1. The van der Waals surface area contributed by atoms with Crippen LogP contribution in [0.2, 0.25) is 0 Å². The summed E-state index contributed by atoms with van der Waals surface area (Å²) in [5, 5.41) is 2.49. The fourth-order valence-corrected chi connectivity index (χ4v) is 1.18. The van der Waals surface area contributed by atoms with Gasteiger partial charge < -0.3 is 9.73 Å². The molecule has 0 saturated carbocycles. The van der Waals surface area contributed by atoms with Crippen LogP contribution in [-0.4, -0.2) is 12.5 Å². The van der Waals surface area contributed by atoms with Crippen LogP contribution >= 0.6 is 0 Å². The average molecular weight is 235 g/mol. The van der Waals surface area contributed by atoms with Crippen LogP contribution in [0.25, 0.3) is 0 Å². The molecule has 90 valence electrons. The molecular weight excluding hydrogens is 223 g/mol. The van der Waals surface area contributed by atoms with Gasteiger partial charge in [-0.25, -0.2) is 0 Å². The first-order chi connectivity index (χ1) is 7.36. The second-order valence-electron chi connectivity index (χ2n) is 3.33. The maximum Gasteiger partial charge on any atom is 0.449 e. The molecule has 0 fully saturated rings. The summed E-state index contributed by atoms with van der Waals surface area (Å²) in [6.07, 6.45) is -3.84. The maximum absolute atomic E-state index is 12.3. The largest absolute Gasteiger partial charge is 0.456 e. The Balaban J connectivity index is 2.90. The molecule has 0 aliphatic carbocycles. The minimum Gasteiger partial charge on any atom is -0.456 e. The molecule has 1 amide bonds. The van der Waals surface area contributed by atoms with Gasteiger partial charge in [-0.2, -0.15) is 13.2 Å². The lowest BCUT2D eigenvalue weighted by atomic mass is 10.2. The summed E-state index contributed by atoms with van der Waals surface area (Å²) in [7, 11) is 0. The van der Waals surface area contributed by atoms with E-state index in [1.807, 2.05) is 6.92 Å². The highest BCUT2D eigenvalue weighted by Crippen LogP contribution is 2.32. The topological polar surface area (TPSA) is 42.2 Å². The van der Waals surface area contributed by atoms with Gasteiger partial charge in [-0.05, 0) is 13.3 Å². The molecule has 0 atom stereocenters. The lowest BCUT2D eigenvalue weighted by Crippen LogP contribution is -2.24. The first-order valence-electron chi connectivity index (χ1n) is 4.82. The Kier molecular flexibility index (Phi) is 3.62. The van der Waals surface area contributed by atoms with Crippen molar-refractivity contribution in [1.82, 2.24) is 5.32 Å². The van der Waals surface area contributed by atoms with E-state index in [-0.39, 0.29) is 11.3 Å². The van der Waals surface area contributed by atoms with E-state index >= 15 is 0 Å². The third-order valence-corrected chi connectivity index (χ3v) is 1.98. The van der Waals surface area contributed by atoms with Crippen molar-refractivity contribution in [2.75, 3.05) is 6.54 Å². The van der Waals surface area contributed by atoms with Gasteiger partial charge in [-0.1, -0.05) is 6.92 Å². The predicted octanol–water partition coefficient (Wildman–Crippen LogP) is 2.75. The Morgan fingerprint density at radius 2 is 2.12 bits per heavy atom. The molecule has 0 spiro atoms. The number of carbonyl (C=O) groups is 1. The highest BCUT2D eigenvalue weighted by Gasteiger charge is 2.36. The summed E-state index contributed by atoms with van der Waals surface area (Å²) in [5.74, 6) is -1.72. The van der Waals surface area contributed by atoms with E-state index < -0.39 is 17.8 Å². The van der Waals surface area contributed by atoms with Crippen LogP contribution in [0, 0.1) is 6.92 Å². The van der Waals surface area contributed by atoms with E-state index in [1.54, 1.807) is 0 Å². The van der Waals surface area contributed by atoms with Crippen LogP contribution in [0.15, 0.2) is 10.5 Å². The standard InChI is InChI=1S/C10H12F3NO2/c1-3-4-14-9(15)7-5-8(10(11,12)13)16-6(7)2/h5H,3-4H2,1-2H3,(H,14,15). The number of rotatable bonds is 3. The van der Waals surface area contributed by atoms with Crippen molar-refractivity contribution < 1.29 is 22.4 Å². The predicted molar refractivity (Wildman–Crippen MR) is 51.1 cm³/mol. The van der Waals surface area contributed by atoms with Crippen molar-refractivity contribution in [1.29, 1.82) is 0 Å². The molecule has 0 aliphatic rings. The molecule has 16 heavy (non-hydrogen) atoms. The number of furan rings is 1. The van der Waals surface area contributed by atoms with Crippen molar-refractivity contribution in [2.45, 2.75) is 26.4 Å². The van der Waals surface area contributed by atoms with Gasteiger partial charge in [-0.15, -0.1) is 0 Å². The van der Waals surface area contributed by atoms with E-state index in [9.17, 15) is 18.0 Å². The fourth-order valence-electron chi connectivity index (χ4n) is 1.18. The normalized spacial score (nSPS) is 11.6. The molecule has 3 nitrogen and oxygen atoms in total. The van der Waals surface area contributed by atoms with Gasteiger partial charge in [0.2, 0.25) is 5.76 Å².